The molecule has 3 N–H and O–H groups in total. The molecule has 0 saturated carbocycles. The molecule has 1 aliphatic rings. The molecule has 1 amide bonds. The van der Waals surface area contributed by atoms with Crippen molar-refractivity contribution < 1.29 is 9.90 Å². The zero-order chi connectivity index (χ0) is 13.4. The largest absolute Gasteiger partial charge is 0.396 e. The lowest BCUT2D eigenvalue weighted by Gasteiger charge is -2.24. The highest BCUT2D eigenvalue weighted by Gasteiger charge is 2.21. The Morgan fingerprint density at radius 3 is 2.78 bits per heavy atom. The summed E-state index contributed by atoms with van der Waals surface area (Å²) in [4.78, 5) is 12.0. The molecule has 2 atom stereocenters. The van der Waals surface area contributed by atoms with Crippen molar-refractivity contribution in [3.05, 3.63) is 0 Å². The van der Waals surface area contributed by atoms with Crippen molar-refractivity contribution in [2.24, 2.45) is 11.8 Å². The molecule has 1 heterocycles. The minimum atomic E-state index is -0.00687. The van der Waals surface area contributed by atoms with Gasteiger partial charge in [0.25, 0.3) is 0 Å². The smallest absolute Gasteiger partial charge is 0.237 e. The van der Waals surface area contributed by atoms with Crippen LogP contribution >= 0.6 is 0 Å². The molecule has 0 radical (unpaired) electrons. The summed E-state index contributed by atoms with van der Waals surface area (Å²) in [5, 5.41) is 15.3. The molecule has 0 bridgehead atoms. The molecule has 1 unspecified atom stereocenters. The number of nitrogens with one attached hydrogen (secondary N) is 2. The van der Waals surface area contributed by atoms with E-state index in [-0.39, 0.29) is 18.6 Å². The fourth-order valence-electron chi connectivity index (χ4n) is 2.60. The zero-order valence-electron chi connectivity index (χ0n) is 11.7. The Morgan fingerprint density at radius 1 is 1.44 bits per heavy atom. The standard InChI is InChI=1S/C14H28N2O2/c1-11(2)9-12(6-8-17)10-16-14(18)13-5-3-4-7-15-13/h11-13,15,17H,3-10H2,1-2H3,(H,16,18)/t12?,13-/m1/s1. The fraction of sp³-hybridized carbons (Fsp3) is 0.929. The van der Waals surface area contributed by atoms with Crippen LogP contribution < -0.4 is 10.6 Å². The van der Waals surface area contributed by atoms with Gasteiger partial charge in [0.05, 0.1) is 6.04 Å². The van der Waals surface area contributed by atoms with Gasteiger partial charge >= 0.3 is 0 Å². The lowest BCUT2D eigenvalue weighted by Crippen LogP contribution is -2.47. The molecular formula is C14H28N2O2. The van der Waals surface area contributed by atoms with E-state index in [0.29, 0.717) is 18.4 Å². The van der Waals surface area contributed by atoms with Crippen LogP contribution in [0.5, 0.6) is 0 Å². The van der Waals surface area contributed by atoms with Crippen molar-refractivity contribution >= 4 is 5.91 Å². The van der Waals surface area contributed by atoms with Gasteiger partial charge in [-0.2, -0.15) is 0 Å². The van der Waals surface area contributed by atoms with Crippen molar-refractivity contribution in [1.29, 1.82) is 0 Å². The number of amides is 1. The van der Waals surface area contributed by atoms with E-state index >= 15 is 0 Å². The lowest BCUT2D eigenvalue weighted by atomic mass is 9.94. The van der Waals surface area contributed by atoms with Crippen LogP contribution in [-0.2, 0) is 4.79 Å². The summed E-state index contributed by atoms with van der Waals surface area (Å²) in [6, 6.07) is -0.00687. The van der Waals surface area contributed by atoms with Gasteiger partial charge in [-0.15, -0.1) is 0 Å². The summed E-state index contributed by atoms with van der Waals surface area (Å²) in [5.74, 6) is 1.12. The van der Waals surface area contributed by atoms with Gasteiger partial charge in [0.1, 0.15) is 0 Å². The third-order valence-corrected chi connectivity index (χ3v) is 3.53. The minimum absolute atomic E-state index is 0.00687. The first-order valence-corrected chi connectivity index (χ1v) is 7.25. The summed E-state index contributed by atoms with van der Waals surface area (Å²) in [6.45, 7) is 6.19. The van der Waals surface area contributed by atoms with Gasteiger partial charge < -0.3 is 15.7 Å². The second kappa shape index (κ2) is 8.48. The number of rotatable bonds is 7. The Bertz CT molecular complexity index is 238. The SMILES string of the molecule is CC(C)CC(CCO)CNC(=O)[C@H]1CCCCN1. The van der Waals surface area contributed by atoms with E-state index in [9.17, 15) is 4.79 Å². The molecule has 1 aliphatic heterocycles. The van der Waals surface area contributed by atoms with Gasteiger partial charge in [-0.05, 0) is 44.1 Å². The molecule has 0 aromatic rings. The minimum Gasteiger partial charge on any atom is -0.396 e. The van der Waals surface area contributed by atoms with Crippen LogP contribution in [-0.4, -0.2) is 36.8 Å². The zero-order valence-corrected chi connectivity index (χ0v) is 11.7. The van der Waals surface area contributed by atoms with Crippen molar-refractivity contribution in [1.82, 2.24) is 10.6 Å². The summed E-state index contributed by atoms with van der Waals surface area (Å²) in [6.07, 6.45) is 5.08. The molecule has 1 fully saturated rings. The molecule has 4 heteroatoms. The maximum Gasteiger partial charge on any atom is 0.237 e. The first kappa shape index (κ1) is 15.4. The molecule has 0 aromatic carbocycles. The average Bonchev–Trinajstić information content (AvgIpc) is 2.36. The van der Waals surface area contributed by atoms with Crippen molar-refractivity contribution in [3.8, 4) is 0 Å². The van der Waals surface area contributed by atoms with Crippen LogP contribution in [0.3, 0.4) is 0 Å². The summed E-state index contributed by atoms with van der Waals surface area (Å²) in [7, 11) is 0. The number of hydrogen-bond acceptors (Lipinski definition) is 3. The third-order valence-electron chi connectivity index (χ3n) is 3.53. The van der Waals surface area contributed by atoms with Crippen molar-refractivity contribution in [3.63, 3.8) is 0 Å². The number of hydrogen-bond donors (Lipinski definition) is 3. The van der Waals surface area contributed by atoms with Gasteiger partial charge in [-0.1, -0.05) is 20.3 Å². The Hall–Kier alpha value is -0.610. The van der Waals surface area contributed by atoms with Crippen LogP contribution in [0, 0.1) is 11.8 Å². The summed E-state index contributed by atoms with van der Waals surface area (Å²) >= 11 is 0. The second-order valence-electron chi connectivity index (χ2n) is 5.76. The van der Waals surface area contributed by atoms with Crippen LogP contribution in [0.25, 0.3) is 0 Å². The van der Waals surface area contributed by atoms with Crippen LogP contribution in [0.2, 0.25) is 0 Å². The first-order chi connectivity index (χ1) is 8.63. The molecule has 106 valence electrons. The van der Waals surface area contributed by atoms with Gasteiger partial charge in [0.15, 0.2) is 0 Å². The van der Waals surface area contributed by atoms with E-state index in [1.807, 2.05) is 0 Å². The van der Waals surface area contributed by atoms with Crippen molar-refractivity contribution in [2.75, 3.05) is 19.7 Å². The predicted octanol–water partition coefficient (Wildman–Crippen LogP) is 1.29. The van der Waals surface area contributed by atoms with Crippen LogP contribution in [0.1, 0.15) is 46.0 Å². The van der Waals surface area contributed by atoms with Crippen molar-refractivity contribution in [2.45, 2.75) is 52.0 Å². The highest BCUT2D eigenvalue weighted by atomic mass is 16.3. The first-order valence-electron chi connectivity index (χ1n) is 7.25. The molecular weight excluding hydrogens is 228 g/mol. The monoisotopic (exact) mass is 256 g/mol. The summed E-state index contributed by atoms with van der Waals surface area (Å²) < 4.78 is 0. The van der Waals surface area contributed by atoms with E-state index in [1.54, 1.807) is 0 Å². The van der Waals surface area contributed by atoms with Gasteiger partial charge in [-0.3, -0.25) is 4.79 Å². The lowest BCUT2D eigenvalue weighted by molar-refractivity contribution is -0.123. The predicted molar refractivity (Wildman–Crippen MR) is 73.3 cm³/mol. The molecule has 0 aliphatic carbocycles. The average molecular weight is 256 g/mol. The second-order valence-corrected chi connectivity index (χ2v) is 5.76. The Kier molecular flexibility index (Phi) is 7.28. The third kappa shape index (κ3) is 5.83. The maximum atomic E-state index is 12.0. The molecule has 4 nitrogen and oxygen atoms in total. The number of carbonyl (C=O) groups excluding carboxylic acids is 1. The quantitative estimate of drug-likeness (QED) is 0.643. The maximum absolute atomic E-state index is 12.0. The van der Waals surface area contributed by atoms with Crippen LogP contribution in [0.4, 0.5) is 0 Å². The molecule has 1 saturated heterocycles. The van der Waals surface area contributed by atoms with E-state index in [2.05, 4.69) is 24.5 Å². The molecule has 1 rings (SSSR count). The van der Waals surface area contributed by atoms with E-state index in [1.165, 1.54) is 6.42 Å². The molecule has 0 aromatic heterocycles. The Balaban J connectivity index is 2.28. The highest BCUT2D eigenvalue weighted by molar-refractivity contribution is 5.81. The van der Waals surface area contributed by atoms with Crippen LogP contribution in [0.15, 0.2) is 0 Å². The van der Waals surface area contributed by atoms with E-state index < -0.39 is 0 Å². The van der Waals surface area contributed by atoms with E-state index in [4.69, 9.17) is 5.11 Å². The molecule has 0 spiro atoms. The number of carbonyl (C=O) groups is 1. The normalized spacial score (nSPS) is 21.9. The Morgan fingerprint density at radius 2 is 2.22 bits per heavy atom. The Labute approximate surface area is 111 Å². The fourth-order valence-corrected chi connectivity index (χ4v) is 2.60. The topological polar surface area (TPSA) is 61.4 Å². The number of piperidine rings is 1. The number of aliphatic hydroxyl groups excluding tert-OH is 1. The van der Waals surface area contributed by atoms with Gasteiger partial charge in [0, 0.05) is 13.2 Å². The number of aliphatic hydroxyl groups is 1. The molecule has 18 heavy (non-hydrogen) atoms. The van der Waals surface area contributed by atoms with Gasteiger partial charge in [0.2, 0.25) is 5.91 Å². The highest BCUT2D eigenvalue weighted by Crippen LogP contribution is 2.14. The summed E-state index contributed by atoms with van der Waals surface area (Å²) in [5.41, 5.74) is 0. The van der Waals surface area contributed by atoms with E-state index in [0.717, 1.165) is 32.2 Å². The van der Waals surface area contributed by atoms with Gasteiger partial charge in [-0.25, -0.2) is 0 Å².